The van der Waals surface area contributed by atoms with Crippen molar-refractivity contribution in [2.45, 2.75) is 6.92 Å². The number of nitrogens with zero attached hydrogens (tertiary/aromatic N) is 1. The number of hydrogen-bond acceptors (Lipinski definition) is 4. The molecule has 5 heteroatoms. The molecule has 0 radical (unpaired) electrons. The monoisotopic (exact) mass is 300 g/mol. The first-order valence-electron chi connectivity index (χ1n) is 6.38. The summed E-state index contributed by atoms with van der Waals surface area (Å²) in [5.41, 5.74) is 7.84. The topological polar surface area (TPSA) is 61.3 Å². The molecule has 0 aliphatic rings. The Kier molecular flexibility index (Phi) is 3.54. The average Bonchev–Trinajstić information content (AvgIpc) is 2.89. The summed E-state index contributed by atoms with van der Waals surface area (Å²) in [7, 11) is 0. The minimum Gasteiger partial charge on any atom is -0.455 e. The van der Waals surface area contributed by atoms with Crippen molar-refractivity contribution in [3.8, 4) is 23.0 Å². The van der Waals surface area contributed by atoms with E-state index in [0.717, 1.165) is 11.3 Å². The van der Waals surface area contributed by atoms with Gasteiger partial charge in [0.15, 0.2) is 0 Å². The molecular weight excluding hydrogens is 288 g/mol. The van der Waals surface area contributed by atoms with Gasteiger partial charge in [0.05, 0.1) is 16.3 Å². The molecule has 2 aromatic carbocycles. The summed E-state index contributed by atoms with van der Waals surface area (Å²) in [6, 6.07) is 12.6. The summed E-state index contributed by atoms with van der Waals surface area (Å²) in [4.78, 5) is 4.32. The van der Waals surface area contributed by atoms with Crippen LogP contribution in [0.5, 0.6) is 11.5 Å². The Labute approximate surface area is 127 Å². The highest BCUT2D eigenvalue weighted by Crippen LogP contribution is 2.36. The van der Waals surface area contributed by atoms with Crippen LogP contribution >= 0.6 is 11.6 Å². The highest BCUT2D eigenvalue weighted by atomic mass is 35.5. The van der Waals surface area contributed by atoms with Crippen molar-refractivity contribution in [2.75, 3.05) is 5.73 Å². The molecule has 0 aliphatic heterocycles. The highest BCUT2D eigenvalue weighted by molar-refractivity contribution is 6.32. The second-order valence-electron chi connectivity index (χ2n) is 4.58. The number of benzene rings is 2. The van der Waals surface area contributed by atoms with Gasteiger partial charge < -0.3 is 14.9 Å². The Balaban J connectivity index is 1.99. The second kappa shape index (κ2) is 5.50. The Bertz CT molecular complexity index is 783. The number of nitrogen functional groups attached to an aromatic ring is 1. The largest absolute Gasteiger partial charge is 0.455 e. The maximum absolute atomic E-state index is 6.14. The molecule has 21 heavy (non-hydrogen) atoms. The van der Waals surface area contributed by atoms with E-state index in [9.17, 15) is 0 Å². The van der Waals surface area contributed by atoms with Gasteiger partial charge in [0.2, 0.25) is 5.89 Å². The van der Waals surface area contributed by atoms with Crippen LogP contribution < -0.4 is 10.5 Å². The van der Waals surface area contributed by atoms with E-state index in [-0.39, 0.29) is 0 Å². The molecule has 1 heterocycles. The third-order valence-corrected chi connectivity index (χ3v) is 3.21. The third kappa shape index (κ3) is 2.85. The van der Waals surface area contributed by atoms with Gasteiger partial charge in [-0.05, 0) is 37.3 Å². The number of nitrogens with two attached hydrogens (primary N) is 1. The van der Waals surface area contributed by atoms with Gasteiger partial charge in [-0.15, -0.1) is 0 Å². The molecule has 0 amide bonds. The van der Waals surface area contributed by atoms with Gasteiger partial charge in [-0.25, -0.2) is 4.98 Å². The molecular formula is C16H13ClN2O2. The first-order chi connectivity index (χ1) is 10.1. The van der Waals surface area contributed by atoms with Crippen molar-refractivity contribution in [1.29, 1.82) is 0 Å². The van der Waals surface area contributed by atoms with Crippen LogP contribution in [0, 0.1) is 6.92 Å². The summed E-state index contributed by atoms with van der Waals surface area (Å²) in [5.74, 6) is 1.65. The lowest BCUT2D eigenvalue weighted by Gasteiger charge is -2.10. The van der Waals surface area contributed by atoms with E-state index in [2.05, 4.69) is 4.98 Å². The van der Waals surface area contributed by atoms with E-state index < -0.39 is 0 Å². The highest BCUT2D eigenvalue weighted by Gasteiger charge is 2.13. The van der Waals surface area contributed by atoms with Crippen LogP contribution in [0.1, 0.15) is 5.69 Å². The van der Waals surface area contributed by atoms with Crippen LogP contribution in [0.15, 0.2) is 53.1 Å². The lowest BCUT2D eigenvalue weighted by Crippen LogP contribution is -1.91. The smallest absolute Gasteiger partial charge is 0.229 e. The van der Waals surface area contributed by atoms with E-state index in [1.54, 1.807) is 24.5 Å². The molecule has 0 fully saturated rings. The maximum atomic E-state index is 6.14. The third-order valence-electron chi connectivity index (χ3n) is 2.91. The summed E-state index contributed by atoms with van der Waals surface area (Å²) in [5, 5.41) is 0.452. The maximum Gasteiger partial charge on any atom is 0.229 e. The van der Waals surface area contributed by atoms with E-state index >= 15 is 0 Å². The molecule has 0 saturated heterocycles. The van der Waals surface area contributed by atoms with Gasteiger partial charge in [0, 0.05) is 5.69 Å². The van der Waals surface area contributed by atoms with Gasteiger partial charge in [-0.2, -0.15) is 0 Å². The summed E-state index contributed by atoms with van der Waals surface area (Å²) >= 11 is 6.14. The first kappa shape index (κ1) is 13.5. The molecule has 0 aliphatic carbocycles. The second-order valence-corrected chi connectivity index (χ2v) is 4.99. The summed E-state index contributed by atoms with van der Waals surface area (Å²) in [6.07, 6.45) is 1.60. The number of oxazole rings is 1. The van der Waals surface area contributed by atoms with Gasteiger partial charge in [-0.1, -0.05) is 23.7 Å². The number of rotatable bonds is 3. The fourth-order valence-corrected chi connectivity index (χ4v) is 2.16. The fourth-order valence-electron chi connectivity index (χ4n) is 1.93. The molecule has 1 aromatic heterocycles. The van der Waals surface area contributed by atoms with Gasteiger partial charge in [-0.3, -0.25) is 0 Å². The van der Waals surface area contributed by atoms with Crippen molar-refractivity contribution >= 4 is 17.3 Å². The molecule has 2 N–H and O–H groups in total. The molecule has 0 bridgehead atoms. The summed E-state index contributed by atoms with van der Waals surface area (Å²) in [6.45, 7) is 1.87. The molecule has 0 atom stereocenters. The van der Waals surface area contributed by atoms with Crippen molar-refractivity contribution in [3.63, 3.8) is 0 Å². The minimum absolute atomic E-state index is 0.452. The van der Waals surface area contributed by atoms with Crippen LogP contribution in [0.2, 0.25) is 5.02 Å². The zero-order valence-electron chi connectivity index (χ0n) is 11.3. The molecule has 0 spiro atoms. The number of anilines is 1. The van der Waals surface area contributed by atoms with Gasteiger partial charge in [0.1, 0.15) is 17.8 Å². The SMILES string of the molecule is Cc1coc(-c2ccccc2Oc2ccc(N)cc2Cl)n1. The zero-order chi connectivity index (χ0) is 14.8. The lowest BCUT2D eigenvalue weighted by molar-refractivity contribution is 0.480. The molecule has 0 saturated carbocycles. The number of hydrogen-bond donors (Lipinski definition) is 1. The first-order valence-corrected chi connectivity index (χ1v) is 6.75. The van der Waals surface area contributed by atoms with Gasteiger partial charge in [0.25, 0.3) is 0 Å². The Hall–Kier alpha value is -2.46. The number of para-hydroxylation sites is 1. The fraction of sp³-hybridized carbons (Fsp3) is 0.0625. The normalized spacial score (nSPS) is 10.6. The predicted octanol–water partition coefficient (Wildman–Crippen LogP) is 4.68. The van der Waals surface area contributed by atoms with Crippen LogP contribution in [-0.2, 0) is 0 Å². The van der Waals surface area contributed by atoms with Crippen LogP contribution in [-0.4, -0.2) is 4.98 Å². The minimum atomic E-state index is 0.452. The standard InChI is InChI=1S/C16H13ClN2O2/c1-10-9-20-16(19-10)12-4-2-3-5-14(12)21-15-7-6-11(18)8-13(15)17/h2-9H,18H2,1H3. The van der Waals surface area contributed by atoms with Crippen molar-refractivity contribution in [2.24, 2.45) is 0 Å². The van der Waals surface area contributed by atoms with Crippen molar-refractivity contribution in [1.82, 2.24) is 4.98 Å². The van der Waals surface area contributed by atoms with E-state index in [4.69, 9.17) is 26.5 Å². The number of ether oxygens (including phenoxy) is 1. The average molecular weight is 301 g/mol. The quantitative estimate of drug-likeness (QED) is 0.713. The Morgan fingerprint density at radius 2 is 1.95 bits per heavy atom. The predicted molar refractivity (Wildman–Crippen MR) is 82.6 cm³/mol. The zero-order valence-corrected chi connectivity index (χ0v) is 12.1. The van der Waals surface area contributed by atoms with Gasteiger partial charge >= 0.3 is 0 Å². The van der Waals surface area contributed by atoms with Crippen molar-refractivity contribution < 1.29 is 9.15 Å². The molecule has 106 valence electrons. The number of aryl methyl sites for hydroxylation is 1. The Morgan fingerprint density at radius 3 is 2.67 bits per heavy atom. The number of halogens is 1. The molecule has 3 rings (SSSR count). The van der Waals surface area contributed by atoms with E-state index in [1.165, 1.54) is 0 Å². The number of aromatic nitrogens is 1. The Morgan fingerprint density at radius 1 is 1.14 bits per heavy atom. The van der Waals surface area contributed by atoms with Crippen LogP contribution in [0.25, 0.3) is 11.5 Å². The molecule has 0 unspecified atom stereocenters. The molecule has 3 aromatic rings. The van der Waals surface area contributed by atoms with Crippen LogP contribution in [0.4, 0.5) is 5.69 Å². The molecule has 4 nitrogen and oxygen atoms in total. The van der Waals surface area contributed by atoms with E-state index in [0.29, 0.717) is 28.1 Å². The van der Waals surface area contributed by atoms with E-state index in [1.807, 2.05) is 31.2 Å². The summed E-state index contributed by atoms with van der Waals surface area (Å²) < 4.78 is 11.3. The van der Waals surface area contributed by atoms with Crippen LogP contribution in [0.3, 0.4) is 0 Å². The van der Waals surface area contributed by atoms with Crippen molar-refractivity contribution in [3.05, 3.63) is 59.4 Å². The lowest BCUT2D eigenvalue weighted by atomic mass is 10.2.